The second-order valence-corrected chi connectivity index (χ2v) is 9.53. The number of hydrogen-bond acceptors (Lipinski definition) is 7. The van der Waals surface area contributed by atoms with Crippen molar-refractivity contribution in [3.63, 3.8) is 0 Å². The van der Waals surface area contributed by atoms with Crippen molar-refractivity contribution in [3.05, 3.63) is 12.2 Å². The van der Waals surface area contributed by atoms with Crippen LogP contribution in [0.3, 0.4) is 0 Å². The molecule has 6 amide bonds. The van der Waals surface area contributed by atoms with Crippen molar-refractivity contribution in [2.75, 3.05) is 39.3 Å². The molecule has 13 heteroatoms. The molecule has 0 atom stereocenters. The molecule has 220 valence electrons. The third-order valence-electron chi connectivity index (χ3n) is 5.02. The zero-order valence-corrected chi connectivity index (χ0v) is 23.4. The molecule has 0 bridgehead atoms. The average Bonchev–Trinajstić information content (AvgIpc) is 2.85. The number of rotatable bonds is 20. The van der Waals surface area contributed by atoms with Crippen molar-refractivity contribution in [2.24, 2.45) is 11.8 Å². The van der Waals surface area contributed by atoms with Gasteiger partial charge in [0.05, 0.1) is 0 Å². The fourth-order valence-electron chi connectivity index (χ4n) is 2.73. The van der Waals surface area contributed by atoms with Gasteiger partial charge in [-0.2, -0.15) is 0 Å². The predicted molar refractivity (Wildman–Crippen MR) is 145 cm³/mol. The number of ketones is 1. The molecule has 0 saturated heterocycles. The van der Waals surface area contributed by atoms with Crippen LogP contribution in [0, 0.1) is 11.8 Å². The Labute approximate surface area is 230 Å². The maximum atomic E-state index is 11.8. The lowest BCUT2D eigenvalue weighted by molar-refractivity contribution is -0.124. The standard InChI is InChI=1S/C26H44N6O7/c1-18(2)17-32-26(39)11-16-31-25(38)10-15-30-24(37)9-14-29-23(36)8-13-28-22(35)7-12-27-21(34)6-5-20(33)19(3)4/h5-6,18-19H,7-17H2,1-4H3,(H,27,34)(H,28,35)(H,29,36)(H,30,37)(H,31,38)(H,32,39)/b6-5-. The molecule has 0 fully saturated rings. The Kier molecular flexibility index (Phi) is 19.1. The first-order chi connectivity index (χ1) is 18.4. The number of carbonyl (C=O) groups is 7. The van der Waals surface area contributed by atoms with Gasteiger partial charge >= 0.3 is 0 Å². The summed E-state index contributed by atoms with van der Waals surface area (Å²) in [5, 5.41) is 15.6. The first kappa shape index (κ1) is 35.2. The summed E-state index contributed by atoms with van der Waals surface area (Å²) in [4.78, 5) is 81.8. The molecule has 0 rings (SSSR count). The minimum atomic E-state index is -0.471. The molecule has 0 aromatic heterocycles. The smallest absolute Gasteiger partial charge is 0.244 e. The quantitative estimate of drug-likeness (QED) is 0.105. The molecule has 0 aliphatic carbocycles. The summed E-state index contributed by atoms with van der Waals surface area (Å²) < 4.78 is 0. The van der Waals surface area contributed by atoms with Gasteiger partial charge in [-0.3, -0.25) is 33.6 Å². The van der Waals surface area contributed by atoms with Gasteiger partial charge < -0.3 is 31.9 Å². The monoisotopic (exact) mass is 552 g/mol. The van der Waals surface area contributed by atoms with Crippen LogP contribution >= 0.6 is 0 Å². The molecule has 0 unspecified atom stereocenters. The lowest BCUT2D eigenvalue weighted by Crippen LogP contribution is -2.36. The van der Waals surface area contributed by atoms with E-state index in [1.807, 2.05) is 13.8 Å². The van der Waals surface area contributed by atoms with E-state index in [0.717, 1.165) is 6.08 Å². The Bertz CT molecular complexity index is 871. The Morgan fingerprint density at radius 1 is 0.487 bits per heavy atom. The number of hydrogen-bond donors (Lipinski definition) is 6. The summed E-state index contributed by atoms with van der Waals surface area (Å²) >= 11 is 0. The summed E-state index contributed by atoms with van der Waals surface area (Å²) in [6.07, 6.45) is 2.66. The van der Waals surface area contributed by atoms with Crippen LogP contribution < -0.4 is 31.9 Å². The summed E-state index contributed by atoms with van der Waals surface area (Å²) in [6.45, 7) is 8.65. The fraction of sp³-hybridized carbons (Fsp3) is 0.654. The van der Waals surface area contributed by atoms with E-state index in [0.29, 0.717) is 12.5 Å². The van der Waals surface area contributed by atoms with Crippen molar-refractivity contribution in [1.29, 1.82) is 0 Å². The minimum absolute atomic E-state index is 0.0190. The van der Waals surface area contributed by atoms with Gasteiger partial charge in [0.15, 0.2) is 5.78 Å². The molecule has 0 aromatic rings. The van der Waals surface area contributed by atoms with Crippen LogP contribution in [0.2, 0.25) is 0 Å². The van der Waals surface area contributed by atoms with E-state index >= 15 is 0 Å². The summed E-state index contributed by atoms with van der Waals surface area (Å²) in [5.41, 5.74) is 0. The third-order valence-corrected chi connectivity index (χ3v) is 5.02. The van der Waals surface area contributed by atoms with Crippen molar-refractivity contribution in [3.8, 4) is 0 Å². The zero-order valence-electron chi connectivity index (χ0n) is 23.4. The normalized spacial score (nSPS) is 10.7. The van der Waals surface area contributed by atoms with E-state index in [9.17, 15) is 33.6 Å². The maximum Gasteiger partial charge on any atom is 0.244 e. The SMILES string of the molecule is CC(C)CNC(=O)CCNC(=O)CCNC(=O)CCNC(=O)CCNC(=O)CCNC(=O)/C=C\C(=O)C(C)C. The number of nitrogens with one attached hydrogen (secondary N) is 6. The van der Waals surface area contributed by atoms with Crippen molar-refractivity contribution < 1.29 is 33.6 Å². The molecule has 0 aliphatic rings. The number of allylic oxidation sites excluding steroid dienone is 1. The van der Waals surface area contributed by atoms with Gasteiger partial charge in [-0.25, -0.2) is 0 Å². The molecule has 6 N–H and O–H groups in total. The Morgan fingerprint density at radius 2 is 0.821 bits per heavy atom. The predicted octanol–water partition coefficient (Wildman–Crippen LogP) is -0.929. The van der Waals surface area contributed by atoms with Crippen molar-refractivity contribution in [1.82, 2.24) is 31.9 Å². The van der Waals surface area contributed by atoms with Gasteiger partial charge in [-0.15, -0.1) is 0 Å². The van der Waals surface area contributed by atoms with E-state index in [1.165, 1.54) is 6.08 Å². The van der Waals surface area contributed by atoms with Crippen molar-refractivity contribution in [2.45, 2.75) is 59.8 Å². The molecule has 0 aromatic carbocycles. The van der Waals surface area contributed by atoms with E-state index in [4.69, 9.17) is 0 Å². The summed E-state index contributed by atoms with van der Waals surface area (Å²) in [6, 6.07) is 0. The highest BCUT2D eigenvalue weighted by Crippen LogP contribution is 1.95. The molecule has 0 aliphatic heterocycles. The zero-order chi connectivity index (χ0) is 29.6. The minimum Gasteiger partial charge on any atom is -0.356 e. The highest BCUT2D eigenvalue weighted by Gasteiger charge is 2.09. The fourth-order valence-corrected chi connectivity index (χ4v) is 2.73. The largest absolute Gasteiger partial charge is 0.356 e. The topological polar surface area (TPSA) is 192 Å². The van der Waals surface area contributed by atoms with Crippen molar-refractivity contribution >= 4 is 41.2 Å². The molecular weight excluding hydrogens is 508 g/mol. The lowest BCUT2D eigenvalue weighted by Gasteiger charge is -2.09. The average molecular weight is 553 g/mol. The Balaban J connectivity index is 3.79. The van der Waals surface area contributed by atoms with Gasteiger partial charge in [0, 0.05) is 83.4 Å². The van der Waals surface area contributed by atoms with Crippen LogP contribution in [-0.4, -0.2) is 80.5 Å². The van der Waals surface area contributed by atoms with E-state index in [1.54, 1.807) is 13.8 Å². The second kappa shape index (κ2) is 21.2. The molecule has 39 heavy (non-hydrogen) atoms. The second-order valence-electron chi connectivity index (χ2n) is 9.53. The Hall–Kier alpha value is -3.77. The van der Waals surface area contributed by atoms with Crippen LogP contribution in [0.15, 0.2) is 12.2 Å². The van der Waals surface area contributed by atoms with Crippen LogP contribution in [-0.2, 0) is 33.6 Å². The molecule has 0 radical (unpaired) electrons. The highest BCUT2D eigenvalue weighted by atomic mass is 16.2. The molecular formula is C26H44N6O7. The van der Waals surface area contributed by atoms with Gasteiger partial charge in [-0.05, 0) is 12.0 Å². The third kappa shape index (κ3) is 22.0. The molecule has 0 heterocycles. The van der Waals surface area contributed by atoms with Crippen LogP contribution in [0.1, 0.15) is 59.8 Å². The first-order valence-electron chi connectivity index (χ1n) is 13.2. The van der Waals surface area contributed by atoms with E-state index in [-0.39, 0.29) is 106 Å². The highest BCUT2D eigenvalue weighted by molar-refractivity contribution is 5.98. The Morgan fingerprint density at radius 3 is 1.15 bits per heavy atom. The van der Waals surface area contributed by atoms with E-state index in [2.05, 4.69) is 31.9 Å². The van der Waals surface area contributed by atoms with Gasteiger partial charge in [0.1, 0.15) is 0 Å². The molecule has 13 nitrogen and oxygen atoms in total. The van der Waals surface area contributed by atoms with E-state index < -0.39 is 5.91 Å². The van der Waals surface area contributed by atoms with Gasteiger partial charge in [0.2, 0.25) is 35.4 Å². The van der Waals surface area contributed by atoms with Gasteiger partial charge in [0.25, 0.3) is 0 Å². The molecule has 0 saturated carbocycles. The summed E-state index contributed by atoms with van der Waals surface area (Å²) in [7, 11) is 0. The van der Waals surface area contributed by atoms with Crippen LogP contribution in [0.4, 0.5) is 0 Å². The van der Waals surface area contributed by atoms with Gasteiger partial charge in [-0.1, -0.05) is 27.7 Å². The van der Waals surface area contributed by atoms with Crippen LogP contribution in [0.25, 0.3) is 0 Å². The number of carbonyl (C=O) groups excluding carboxylic acids is 7. The number of amides is 6. The molecule has 0 spiro atoms. The summed E-state index contributed by atoms with van der Waals surface area (Å²) in [5.74, 6) is -1.91. The maximum absolute atomic E-state index is 11.8. The lowest BCUT2D eigenvalue weighted by atomic mass is 10.1. The first-order valence-corrected chi connectivity index (χ1v) is 13.2. The van der Waals surface area contributed by atoms with Crippen LogP contribution in [0.5, 0.6) is 0 Å².